The summed E-state index contributed by atoms with van der Waals surface area (Å²) in [6.45, 7) is -2.64. The fraction of sp³-hybridized carbons (Fsp3) is 0.467. The maximum Gasteiger partial charge on any atom is 0.387 e. The van der Waals surface area contributed by atoms with Crippen molar-refractivity contribution in [3.8, 4) is 11.5 Å². The number of carboxylic acid groups (broad SMARTS) is 1. The summed E-state index contributed by atoms with van der Waals surface area (Å²) in [5.41, 5.74) is 0.147. The molecule has 6 nitrogen and oxygen atoms in total. The van der Waals surface area contributed by atoms with E-state index in [4.69, 9.17) is 9.84 Å². The maximum atomic E-state index is 12.7. The minimum Gasteiger partial charge on any atom is -0.493 e. The second-order valence-corrected chi connectivity index (χ2v) is 6.22. The van der Waals surface area contributed by atoms with Gasteiger partial charge in [0.15, 0.2) is 11.5 Å². The lowest BCUT2D eigenvalue weighted by Gasteiger charge is -2.34. The van der Waals surface area contributed by atoms with Gasteiger partial charge in [0.05, 0.1) is 19.6 Å². The monoisotopic (exact) mass is 361 g/mol. The van der Waals surface area contributed by atoms with Crippen LogP contribution >= 0.6 is 11.8 Å². The highest BCUT2D eigenvalue weighted by atomic mass is 32.2. The van der Waals surface area contributed by atoms with Crippen molar-refractivity contribution in [2.45, 2.75) is 19.1 Å². The van der Waals surface area contributed by atoms with E-state index in [1.165, 1.54) is 30.2 Å². The molecule has 1 saturated heterocycles. The number of methoxy groups -OCH3 is 1. The van der Waals surface area contributed by atoms with Crippen LogP contribution in [0.5, 0.6) is 11.5 Å². The van der Waals surface area contributed by atoms with E-state index in [2.05, 4.69) is 4.74 Å². The van der Waals surface area contributed by atoms with E-state index in [0.29, 0.717) is 18.1 Å². The second kappa shape index (κ2) is 8.18. The normalized spacial score (nSPS) is 17.7. The summed E-state index contributed by atoms with van der Waals surface area (Å²) in [5, 5.41) is 8.98. The van der Waals surface area contributed by atoms with Crippen molar-refractivity contribution in [2.24, 2.45) is 0 Å². The number of carboxylic acids is 1. The molecule has 1 aromatic rings. The van der Waals surface area contributed by atoms with Crippen LogP contribution in [0.4, 0.5) is 8.78 Å². The van der Waals surface area contributed by atoms with Gasteiger partial charge in [-0.25, -0.2) is 0 Å². The maximum absolute atomic E-state index is 12.7. The third-order valence-corrected chi connectivity index (χ3v) is 4.62. The molecule has 0 aromatic heterocycles. The van der Waals surface area contributed by atoms with Gasteiger partial charge < -0.3 is 19.5 Å². The summed E-state index contributed by atoms with van der Waals surface area (Å²) in [6.07, 6.45) is -0.157. The number of carbonyl (C=O) groups excluding carboxylic acids is 1. The quantitative estimate of drug-likeness (QED) is 0.838. The Bertz CT molecular complexity index is 614. The molecule has 0 radical (unpaired) electrons. The highest BCUT2D eigenvalue weighted by Gasteiger charge is 2.30. The molecule has 2 rings (SSSR count). The topological polar surface area (TPSA) is 76.1 Å². The van der Waals surface area contributed by atoms with E-state index >= 15 is 0 Å². The molecule has 1 unspecified atom stereocenters. The van der Waals surface area contributed by atoms with Gasteiger partial charge in [0.25, 0.3) is 5.91 Å². The van der Waals surface area contributed by atoms with Crippen molar-refractivity contribution >= 4 is 23.6 Å². The Kier molecular flexibility index (Phi) is 6.24. The second-order valence-electron chi connectivity index (χ2n) is 5.07. The van der Waals surface area contributed by atoms with Gasteiger partial charge in [0, 0.05) is 23.6 Å². The predicted octanol–water partition coefficient (Wildman–Crippen LogP) is 2.33. The zero-order valence-corrected chi connectivity index (χ0v) is 13.7. The Hall–Kier alpha value is -2.03. The van der Waals surface area contributed by atoms with Crippen molar-refractivity contribution in [2.75, 3.05) is 25.2 Å². The molecule has 132 valence electrons. The van der Waals surface area contributed by atoms with Gasteiger partial charge in [0.1, 0.15) is 0 Å². The first kappa shape index (κ1) is 18.3. The first-order chi connectivity index (χ1) is 11.4. The van der Waals surface area contributed by atoms with Crippen molar-refractivity contribution < 1.29 is 33.0 Å². The Morgan fingerprint density at radius 2 is 2.17 bits per heavy atom. The van der Waals surface area contributed by atoms with Gasteiger partial charge in [-0.15, -0.1) is 0 Å². The van der Waals surface area contributed by atoms with Crippen LogP contribution in [0.25, 0.3) is 0 Å². The number of nitrogens with zero attached hydrogens (tertiary/aromatic N) is 1. The highest BCUT2D eigenvalue weighted by Crippen LogP contribution is 2.31. The molecule has 1 aliphatic rings. The smallest absolute Gasteiger partial charge is 0.387 e. The van der Waals surface area contributed by atoms with Crippen LogP contribution in [0.15, 0.2) is 18.2 Å². The average Bonchev–Trinajstić information content (AvgIpc) is 2.53. The van der Waals surface area contributed by atoms with Crippen LogP contribution in [0.1, 0.15) is 16.8 Å². The Labute approximate surface area is 141 Å². The van der Waals surface area contributed by atoms with Gasteiger partial charge in [-0.3, -0.25) is 9.59 Å². The van der Waals surface area contributed by atoms with Crippen LogP contribution in [0, 0.1) is 0 Å². The van der Waals surface area contributed by atoms with E-state index in [1.54, 1.807) is 11.8 Å². The van der Waals surface area contributed by atoms with Gasteiger partial charge in [-0.1, -0.05) is 0 Å². The van der Waals surface area contributed by atoms with Crippen LogP contribution in [0.3, 0.4) is 0 Å². The molecule has 9 heteroatoms. The van der Waals surface area contributed by atoms with Gasteiger partial charge in [0.2, 0.25) is 0 Å². The molecular formula is C15H17F2NO5S. The lowest BCUT2D eigenvalue weighted by molar-refractivity contribution is -0.138. The first-order valence-corrected chi connectivity index (χ1v) is 8.31. The molecule has 0 aliphatic carbocycles. The summed E-state index contributed by atoms with van der Waals surface area (Å²) in [5.74, 6) is -0.338. The predicted molar refractivity (Wildman–Crippen MR) is 84.0 cm³/mol. The largest absolute Gasteiger partial charge is 0.493 e. The number of hydrogen-bond donors (Lipinski definition) is 1. The molecule has 0 saturated carbocycles. The molecule has 24 heavy (non-hydrogen) atoms. The van der Waals surface area contributed by atoms with E-state index < -0.39 is 24.5 Å². The lowest BCUT2D eigenvalue weighted by Crippen LogP contribution is -2.47. The number of rotatable bonds is 6. The first-order valence-electron chi connectivity index (χ1n) is 7.15. The zero-order valence-electron chi connectivity index (χ0n) is 12.9. The number of benzene rings is 1. The number of alkyl halides is 2. The van der Waals surface area contributed by atoms with E-state index in [1.807, 2.05) is 0 Å². The number of aliphatic carboxylic acids is 1. The Morgan fingerprint density at radius 1 is 1.42 bits per heavy atom. The summed E-state index contributed by atoms with van der Waals surface area (Å²) in [7, 11) is 1.31. The van der Waals surface area contributed by atoms with Gasteiger partial charge in [-0.05, 0) is 18.2 Å². The highest BCUT2D eigenvalue weighted by molar-refractivity contribution is 7.99. The zero-order chi connectivity index (χ0) is 17.7. The molecule has 1 heterocycles. The fourth-order valence-corrected chi connectivity index (χ4v) is 3.52. The molecule has 1 N–H and O–H groups in total. The van der Waals surface area contributed by atoms with Crippen LogP contribution in [-0.2, 0) is 4.79 Å². The van der Waals surface area contributed by atoms with Gasteiger partial charge >= 0.3 is 12.6 Å². The Balaban J connectivity index is 2.25. The number of halogens is 2. The van der Waals surface area contributed by atoms with Crippen LogP contribution in [-0.4, -0.2) is 59.7 Å². The third kappa shape index (κ3) is 4.50. The van der Waals surface area contributed by atoms with Crippen molar-refractivity contribution in [3.63, 3.8) is 0 Å². The standard InChI is InChI=1S/C15H17F2NO5S/c1-22-11-3-2-9(6-12(11)23-15(16)17)14(21)18-4-5-24-8-10(18)7-13(19)20/h2-3,6,10,15H,4-5,7-8H2,1H3,(H,19,20). The molecule has 1 fully saturated rings. The number of thioether (sulfide) groups is 1. The average molecular weight is 361 g/mol. The summed E-state index contributed by atoms with van der Waals surface area (Å²) in [6, 6.07) is 3.57. The number of hydrogen-bond acceptors (Lipinski definition) is 5. The minimum atomic E-state index is -3.05. The van der Waals surface area contributed by atoms with E-state index in [9.17, 15) is 18.4 Å². The van der Waals surface area contributed by atoms with Crippen LogP contribution < -0.4 is 9.47 Å². The van der Waals surface area contributed by atoms with Crippen molar-refractivity contribution in [1.82, 2.24) is 4.90 Å². The van der Waals surface area contributed by atoms with Crippen molar-refractivity contribution in [1.29, 1.82) is 0 Å². The third-order valence-electron chi connectivity index (χ3n) is 3.53. The lowest BCUT2D eigenvalue weighted by atomic mass is 10.1. The van der Waals surface area contributed by atoms with E-state index in [-0.39, 0.29) is 23.5 Å². The van der Waals surface area contributed by atoms with Gasteiger partial charge in [-0.2, -0.15) is 20.5 Å². The number of amides is 1. The summed E-state index contributed by atoms with van der Waals surface area (Å²) < 4.78 is 34.3. The molecule has 1 amide bonds. The molecule has 0 bridgehead atoms. The molecule has 1 aromatic carbocycles. The molecule has 0 spiro atoms. The molecule has 1 atom stereocenters. The van der Waals surface area contributed by atoms with Crippen molar-refractivity contribution in [3.05, 3.63) is 23.8 Å². The SMILES string of the molecule is COc1ccc(C(=O)N2CCSCC2CC(=O)O)cc1OC(F)F. The number of ether oxygens (including phenoxy) is 2. The minimum absolute atomic E-state index is 0.0862. The summed E-state index contributed by atoms with van der Waals surface area (Å²) in [4.78, 5) is 25.1. The fourth-order valence-electron chi connectivity index (χ4n) is 2.46. The summed E-state index contributed by atoms with van der Waals surface area (Å²) >= 11 is 1.58. The molecular weight excluding hydrogens is 344 g/mol. The van der Waals surface area contributed by atoms with E-state index in [0.717, 1.165) is 0 Å². The number of carbonyl (C=O) groups is 2. The van der Waals surface area contributed by atoms with Crippen LogP contribution in [0.2, 0.25) is 0 Å². The molecule has 1 aliphatic heterocycles. The Morgan fingerprint density at radius 3 is 2.79 bits per heavy atom.